The van der Waals surface area contributed by atoms with E-state index in [-0.39, 0.29) is 16.9 Å². The molecule has 1 atom stereocenters. The Morgan fingerprint density at radius 1 is 1.32 bits per heavy atom. The molecule has 2 aromatic rings. The fourth-order valence-corrected chi connectivity index (χ4v) is 2.93. The minimum atomic E-state index is -0.884. The van der Waals surface area contributed by atoms with Crippen molar-refractivity contribution in [2.45, 2.75) is 17.4 Å². The summed E-state index contributed by atoms with van der Waals surface area (Å²) in [7, 11) is 3.19. The molecule has 0 N–H and O–H groups in total. The monoisotopic (exact) mass is 383 g/mol. The van der Waals surface area contributed by atoms with Crippen molar-refractivity contribution >= 4 is 39.4 Å². The lowest BCUT2D eigenvalue weighted by Crippen LogP contribution is -2.35. The van der Waals surface area contributed by atoms with Crippen LogP contribution in [0.15, 0.2) is 38.4 Å². The smallest absolute Gasteiger partial charge is 0.278 e. The van der Waals surface area contributed by atoms with Gasteiger partial charge < -0.3 is 9.32 Å². The van der Waals surface area contributed by atoms with E-state index in [4.69, 9.17) is 4.42 Å². The minimum absolute atomic E-state index is 0.186. The number of carbonyl (C=O) groups excluding carboxylic acids is 2. The maximum absolute atomic E-state index is 12.0. The van der Waals surface area contributed by atoms with Crippen molar-refractivity contribution < 1.29 is 14.0 Å². The third-order valence-corrected chi connectivity index (χ3v) is 4.36. The van der Waals surface area contributed by atoms with Gasteiger partial charge in [0.2, 0.25) is 11.8 Å². The second kappa shape index (κ2) is 7.06. The molecule has 0 aliphatic carbocycles. The van der Waals surface area contributed by atoms with Crippen LogP contribution in [-0.2, 0) is 9.59 Å². The molecule has 116 valence electrons. The van der Waals surface area contributed by atoms with Gasteiger partial charge in [0.1, 0.15) is 0 Å². The van der Waals surface area contributed by atoms with Crippen LogP contribution in [-0.4, -0.2) is 46.1 Å². The Labute approximate surface area is 140 Å². The van der Waals surface area contributed by atoms with Crippen molar-refractivity contribution in [3.63, 3.8) is 0 Å². The number of hydrogen-bond donors (Lipinski definition) is 0. The predicted molar refractivity (Wildman–Crippen MR) is 86.5 cm³/mol. The highest BCUT2D eigenvalue weighted by molar-refractivity contribution is 9.10. The number of carbonyl (C=O) groups is 2. The number of aromatic nitrogens is 2. The summed E-state index contributed by atoms with van der Waals surface area (Å²) in [5, 5.41) is 7.15. The third-order valence-electron chi connectivity index (χ3n) is 2.73. The van der Waals surface area contributed by atoms with Crippen LogP contribution in [0.5, 0.6) is 0 Å². The summed E-state index contributed by atoms with van der Waals surface area (Å²) in [5.41, 5.74) is 0.757. The second-order valence-corrected chi connectivity index (χ2v) is 6.70. The first kappa shape index (κ1) is 16.7. The molecule has 0 saturated carbocycles. The number of halogens is 1. The Morgan fingerprint density at radius 2 is 2.05 bits per heavy atom. The molecule has 2 rings (SSSR count). The summed E-state index contributed by atoms with van der Waals surface area (Å²) in [6.07, 6.45) is 0. The van der Waals surface area contributed by atoms with E-state index in [1.165, 1.54) is 11.8 Å². The van der Waals surface area contributed by atoms with Crippen LogP contribution in [0.25, 0.3) is 11.5 Å². The molecule has 0 bridgehead atoms. The first-order chi connectivity index (χ1) is 10.4. The lowest BCUT2D eigenvalue weighted by molar-refractivity contribution is -0.132. The van der Waals surface area contributed by atoms with Gasteiger partial charge >= 0.3 is 0 Å². The van der Waals surface area contributed by atoms with Crippen LogP contribution < -0.4 is 0 Å². The van der Waals surface area contributed by atoms with Crippen LogP contribution >= 0.6 is 27.7 Å². The highest BCUT2D eigenvalue weighted by atomic mass is 79.9. The van der Waals surface area contributed by atoms with E-state index in [0.717, 1.165) is 21.8 Å². The summed E-state index contributed by atoms with van der Waals surface area (Å²) in [6, 6.07) is 7.41. The van der Waals surface area contributed by atoms with Gasteiger partial charge in [0.15, 0.2) is 11.0 Å². The standard InChI is InChI=1S/C14H14BrN3O3S/c1-8(19)11(13(20)18(2)3)22-14-17-16-12(21-14)9-5-4-6-10(15)7-9/h4-7,11H,1-3H3. The number of Topliss-reactive ketones (excluding diaryl/α,β-unsaturated/α-hetero) is 1. The van der Waals surface area contributed by atoms with Gasteiger partial charge in [-0.05, 0) is 36.9 Å². The molecule has 1 amide bonds. The quantitative estimate of drug-likeness (QED) is 0.583. The van der Waals surface area contributed by atoms with Crippen LogP contribution in [0.2, 0.25) is 0 Å². The second-order valence-electron chi connectivity index (χ2n) is 4.72. The number of thioether (sulfide) groups is 1. The fourth-order valence-electron chi connectivity index (χ4n) is 1.64. The molecule has 1 aromatic heterocycles. The van der Waals surface area contributed by atoms with Gasteiger partial charge in [0.05, 0.1) is 0 Å². The predicted octanol–water partition coefficient (Wildman–Crippen LogP) is 2.64. The molecule has 1 unspecified atom stereocenters. The molecule has 22 heavy (non-hydrogen) atoms. The van der Waals surface area contributed by atoms with E-state index in [1.807, 2.05) is 24.3 Å². The van der Waals surface area contributed by atoms with E-state index in [0.29, 0.717) is 5.89 Å². The molecular formula is C14H14BrN3O3S. The lowest BCUT2D eigenvalue weighted by atomic mass is 10.2. The summed E-state index contributed by atoms with van der Waals surface area (Å²) in [4.78, 5) is 25.0. The average molecular weight is 384 g/mol. The fraction of sp³-hybridized carbons (Fsp3) is 0.286. The van der Waals surface area contributed by atoms with Gasteiger partial charge in [-0.3, -0.25) is 9.59 Å². The molecule has 6 nitrogen and oxygen atoms in total. The van der Waals surface area contributed by atoms with Crippen LogP contribution in [0.3, 0.4) is 0 Å². The molecule has 1 heterocycles. The zero-order valence-electron chi connectivity index (χ0n) is 12.2. The van der Waals surface area contributed by atoms with Gasteiger partial charge in [-0.25, -0.2) is 0 Å². The van der Waals surface area contributed by atoms with Crippen molar-refractivity contribution in [1.82, 2.24) is 15.1 Å². The Balaban J connectivity index is 2.20. The summed E-state index contributed by atoms with van der Waals surface area (Å²) in [6.45, 7) is 1.37. The van der Waals surface area contributed by atoms with Gasteiger partial charge in [0, 0.05) is 24.1 Å². The van der Waals surface area contributed by atoms with Crippen LogP contribution in [0, 0.1) is 0 Å². The van der Waals surface area contributed by atoms with Crippen LogP contribution in [0.1, 0.15) is 6.92 Å². The summed E-state index contributed by atoms with van der Waals surface area (Å²) < 4.78 is 6.42. The minimum Gasteiger partial charge on any atom is -0.411 e. The Hall–Kier alpha value is -1.67. The zero-order valence-corrected chi connectivity index (χ0v) is 14.6. The first-order valence-electron chi connectivity index (χ1n) is 6.36. The number of rotatable bonds is 5. The number of ketones is 1. The molecular weight excluding hydrogens is 370 g/mol. The zero-order chi connectivity index (χ0) is 16.3. The Kier molecular flexibility index (Phi) is 5.36. The molecule has 0 fully saturated rings. The number of nitrogens with zero attached hydrogens (tertiary/aromatic N) is 3. The van der Waals surface area contributed by atoms with Gasteiger partial charge in [-0.15, -0.1) is 10.2 Å². The molecule has 0 saturated heterocycles. The van der Waals surface area contributed by atoms with Gasteiger partial charge in [-0.2, -0.15) is 0 Å². The molecule has 0 aliphatic rings. The number of hydrogen-bond acceptors (Lipinski definition) is 6. The van der Waals surface area contributed by atoms with E-state index >= 15 is 0 Å². The van der Waals surface area contributed by atoms with Crippen LogP contribution in [0.4, 0.5) is 0 Å². The van der Waals surface area contributed by atoms with Crippen molar-refractivity contribution in [2.24, 2.45) is 0 Å². The Morgan fingerprint density at radius 3 is 2.64 bits per heavy atom. The highest BCUT2D eigenvalue weighted by Crippen LogP contribution is 2.28. The molecule has 1 aromatic carbocycles. The van der Waals surface area contributed by atoms with Crippen molar-refractivity contribution in [1.29, 1.82) is 0 Å². The van der Waals surface area contributed by atoms with E-state index < -0.39 is 5.25 Å². The van der Waals surface area contributed by atoms with Gasteiger partial charge in [-0.1, -0.05) is 22.0 Å². The van der Waals surface area contributed by atoms with Gasteiger partial charge in [0.25, 0.3) is 5.22 Å². The van der Waals surface area contributed by atoms with E-state index in [9.17, 15) is 9.59 Å². The topological polar surface area (TPSA) is 76.3 Å². The maximum Gasteiger partial charge on any atom is 0.278 e. The van der Waals surface area contributed by atoms with Crippen molar-refractivity contribution in [3.8, 4) is 11.5 Å². The number of benzene rings is 1. The number of amides is 1. The van der Waals surface area contributed by atoms with Crippen molar-refractivity contribution in [2.75, 3.05) is 14.1 Å². The van der Waals surface area contributed by atoms with Crippen molar-refractivity contribution in [3.05, 3.63) is 28.7 Å². The first-order valence-corrected chi connectivity index (χ1v) is 8.03. The van der Waals surface area contributed by atoms with E-state index in [2.05, 4.69) is 26.1 Å². The summed E-state index contributed by atoms with van der Waals surface area (Å²) >= 11 is 4.33. The normalized spacial score (nSPS) is 12.0. The highest BCUT2D eigenvalue weighted by Gasteiger charge is 2.28. The average Bonchev–Trinajstić information content (AvgIpc) is 2.92. The molecule has 0 aliphatic heterocycles. The Bertz CT molecular complexity index is 702. The molecule has 0 spiro atoms. The molecule has 0 radical (unpaired) electrons. The third kappa shape index (κ3) is 3.95. The largest absolute Gasteiger partial charge is 0.411 e. The maximum atomic E-state index is 12.0. The molecule has 8 heteroatoms. The SMILES string of the molecule is CC(=O)C(Sc1nnc(-c2cccc(Br)c2)o1)C(=O)N(C)C. The van der Waals surface area contributed by atoms with E-state index in [1.54, 1.807) is 14.1 Å². The summed E-state index contributed by atoms with van der Waals surface area (Å²) in [5.74, 6) is -0.228. The lowest BCUT2D eigenvalue weighted by Gasteiger charge is -2.15.